The van der Waals surface area contributed by atoms with Gasteiger partial charge in [0.1, 0.15) is 11.5 Å². The highest BCUT2D eigenvalue weighted by Gasteiger charge is 2.36. The largest absolute Gasteiger partial charge is 0.466 e. The zero-order valence-corrected chi connectivity index (χ0v) is 13.4. The fraction of sp³-hybridized carbons (Fsp3) is 0.333. The van der Waals surface area contributed by atoms with Gasteiger partial charge in [-0.15, -0.1) is 0 Å². The summed E-state index contributed by atoms with van der Waals surface area (Å²) in [6, 6.07) is 9.26. The summed E-state index contributed by atoms with van der Waals surface area (Å²) in [6.45, 7) is 2.22. The molecule has 0 radical (unpaired) electrons. The average Bonchev–Trinajstić information content (AvgIpc) is 2.97. The first kappa shape index (κ1) is 14.8. The monoisotopic (exact) mass is 325 g/mol. The summed E-state index contributed by atoms with van der Waals surface area (Å²) < 4.78 is 5.82. The molecule has 1 aliphatic carbocycles. The molecule has 1 saturated carbocycles. The predicted molar refractivity (Wildman–Crippen MR) is 91.1 cm³/mol. The van der Waals surface area contributed by atoms with E-state index < -0.39 is 0 Å². The lowest BCUT2D eigenvalue weighted by Crippen LogP contribution is -2.12. The number of nitrogens with one attached hydrogen (secondary N) is 3. The number of furan rings is 1. The van der Waals surface area contributed by atoms with E-state index in [0.717, 1.165) is 17.0 Å². The van der Waals surface area contributed by atoms with Crippen LogP contribution in [0.5, 0.6) is 0 Å². The zero-order valence-electron chi connectivity index (χ0n) is 13.4. The van der Waals surface area contributed by atoms with Crippen molar-refractivity contribution in [3.8, 4) is 0 Å². The molecule has 3 aromatic rings. The van der Waals surface area contributed by atoms with E-state index in [-0.39, 0.29) is 11.6 Å². The molecule has 3 N–H and O–H groups in total. The SMILES string of the molecule is C[C@H]1C[C@@H]1c1ccc(CCC(=O)Nc2ccc3[nH]c(=O)[nH]c3c2)o1. The number of carbonyl (C=O) groups is 1. The van der Waals surface area contributed by atoms with Crippen molar-refractivity contribution in [1.29, 1.82) is 0 Å². The van der Waals surface area contributed by atoms with Gasteiger partial charge in [0.2, 0.25) is 5.91 Å². The number of aromatic amines is 2. The van der Waals surface area contributed by atoms with E-state index in [2.05, 4.69) is 22.2 Å². The first-order valence-corrected chi connectivity index (χ1v) is 8.19. The summed E-state index contributed by atoms with van der Waals surface area (Å²) in [6.07, 6.45) is 2.13. The van der Waals surface area contributed by atoms with Crippen LogP contribution in [0.1, 0.15) is 37.2 Å². The molecule has 2 atom stereocenters. The maximum absolute atomic E-state index is 12.1. The third kappa shape index (κ3) is 2.99. The number of hydrogen-bond donors (Lipinski definition) is 3. The highest BCUT2D eigenvalue weighted by Crippen LogP contribution is 2.47. The number of H-pyrrole nitrogens is 2. The fourth-order valence-electron chi connectivity index (χ4n) is 3.02. The molecule has 0 saturated heterocycles. The van der Waals surface area contributed by atoms with Gasteiger partial charge in [0.05, 0.1) is 11.0 Å². The van der Waals surface area contributed by atoms with E-state index in [1.165, 1.54) is 6.42 Å². The smallest absolute Gasteiger partial charge is 0.323 e. The maximum atomic E-state index is 12.1. The molecule has 4 rings (SSSR count). The Kier molecular flexibility index (Phi) is 3.52. The van der Waals surface area contributed by atoms with Gasteiger partial charge in [0.25, 0.3) is 0 Å². The van der Waals surface area contributed by atoms with Crippen molar-refractivity contribution >= 4 is 22.6 Å². The second-order valence-electron chi connectivity index (χ2n) is 6.51. The number of carbonyl (C=O) groups excluding carboxylic acids is 1. The van der Waals surface area contributed by atoms with Crippen LogP contribution in [-0.4, -0.2) is 15.9 Å². The van der Waals surface area contributed by atoms with Crippen LogP contribution in [0.4, 0.5) is 5.69 Å². The Morgan fingerprint density at radius 2 is 2.04 bits per heavy atom. The van der Waals surface area contributed by atoms with Gasteiger partial charge in [0.15, 0.2) is 0 Å². The van der Waals surface area contributed by atoms with Crippen LogP contribution in [0.3, 0.4) is 0 Å². The van der Waals surface area contributed by atoms with Gasteiger partial charge in [0, 0.05) is 24.4 Å². The Morgan fingerprint density at radius 1 is 1.25 bits per heavy atom. The van der Waals surface area contributed by atoms with Gasteiger partial charge in [-0.05, 0) is 42.7 Å². The third-order valence-corrected chi connectivity index (χ3v) is 4.56. The van der Waals surface area contributed by atoms with Crippen LogP contribution < -0.4 is 11.0 Å². The molecule has 0 spiro atoms. The summed E-state index contributed by atoms with van der Waals surface area (Å²) in [5, 5.41) is 2.85. The molecular weight excluding hydrogens is 306 g/mol. The molecule has 0 bridgehead atoms. The van der Waals surface area contributed by atoms with E-state index in [0.29, 0.717) is 35.9 Å². The van der Waals surface area contributed by atoms with Gasteiger partial charge >= 0.3 is 5.69 Å². The molecule has 1 aliphatic rings. The van der Waals surface area contributed by atoms with Crippen molar-refractivity contribution < 1.29 is 9.21 Å². The Morgan fingerprint density at radius 3 is 2.83 bits per heavy atom. The number of benzene rings is 1. The zero-order chi connectivity index (χ0) is 16.7. The Hall–Kier alpha value is -2.76. The molecule has 6 heteroatoms. The standard InChI is InChI=1S/C18H19N3O3/c1-10-8-13(10)16-6-3-12(24-16)4-7-17(22)19-11-2-5-14-15(9-11)21-18(23)20-14/h2-3,5-6,9-10,13H,4,7-8H2,1H3,(H,19,22)(H2,20,21,23)/t10-,13-/m0/s1. The van der Waals surface area contributed by atoms with E-state index in [4.69, 9.17) is 4.42 Å². The lowest BCUT2D eigenvalue weighted by Gasteiger charge is -2.04. The van der Waals surface area contributed by atoms with Crippen LogP contribution in [-0.2, 0) is 11.2 Å². The molecule has 2 aromatic heterocycles. The summed E-state index contributed by atoms with van der Waals surface area (Å²) in [7, 11) is 0. The molecule has 1 amide bonds. The minimum atomic E-state index is -0.257. The molecule has 6 nitrogen and oxygen atoms in total. The Bertz CT molecular complexity index is 950. The van der Waals surface area contributed by atoms with Crippen molar-refractivity contribution in [3.63, 3.8) is 0 Å². The summed E-state index contributed by atoms with van der Waals surface area (Å²) >= 11 is 0. The predicted octanol–water partition coefficient (Wildman–Crippen LogP) is 3.14. The number of aromatic nitrogens is 2. The number of aryl methyl sites for hydroxylation is 1. The van der Waals surface area contributed by atoms with E-state index in [1.54, 1.807) is 18.2 Å². The number of rotatable bonds is 5. The lowest BCUT2D eigenvalue weighted by atomic mass is 10.2. The van der Waals surface area contributed by atoms with Gasteiger partial charge in [-0.1, -0.05) is 6.92 Å². The molecule has 1 aromatic carbocycles. The lowest BCUT2D eigenvalue weighted by molar-refractivity contribution is -0.116. The van der Waals surface area contributed by atoms with Gasteiger partial charge < -0.3 is 19.7 Å². The molecule has 124 valence electrons. The minimum absolute atomic E-state index is 0.0787. The van der Waals surface area contributed by atoms with Crippen LogP contribution in [0, 0.1) is 5.92 Å². The van der Waals surface area contributed by atoms with E-state index in [9.17, 15) is 9.59 Å². The highest BCUT2D eigenvalue weighted by atomic mass is 16.3. The molecule has 2 heterocycles. The number of fused-ring (bicyclic) bond motifs is 1. The van der Waals surface area contributed by atoms with Gasteiger partial charge in [-0.25, -0.2) is 4.79 Å². The topological polar surface area (TPSA) is 90.9 Å². The maximum Gasteiger partial charge on any atom is 0.323 e. The van der Waals surface area contributed by atoms with Crippen LogP contribution in [0.25, 0.3) is 11.0 Å². The average molecular weight is 325 g/mol. The molecule has 0 unspecified atom stereocenters. The summed E-state index contributed by atoms with van der Waals surface area (Å²) in [5.74, 6) is 3.08. The second-order valence-corrected chi connectivity index (χ2v) is 6.51. The Labute approximate surface area is 138 Å². The fourth-order valence-corrected chi connectivity index (χ4v) is 3.02. The van der Waals surface area contributed by atoms with Crippen molar-refractivity contribution in [3.05, 3.63) is 52.3 Å². The number of hydrogen-bond acceptors (Lipinski definition) is 3. The first-order valence-electron chi connectivity index (χ1n) is 8.19. The van der Waals surface area contributed by atoms with Crippen molar-refractivity contribution in [2.45, 2.75) is 32.1 Å². The summed E-state index contributed by atoms with van der Waals surface area (Å²) in [5.41, 5.74) is 1.80. The van der Waals surface area contributed by atoms with Crippen LogP contribution in [0.2, 0.25) is 0 Å². The van der Waals surface area contributed by atoms with E-state index >= 15 is 0 Å². The molecule has 0 aliphatic heterocycles. The van der Waals surface area contributed by atoms with Crippen LogP contribution >= 0.6 is 0 Å². The number of anilines is 1. The second kappa shape index (κ2) is 5.70. The normalized spacial score (nSPS) is 19.5. The van der Waals surface area contributed by atoms with Crippen molar-refractivity contribution in [2.24, 2.45) is 5.92 Å². The van der Waals surface area contributed by atoms with Gasteiger partial charge in [-0.3, -0.25) is 4.79 Å². The van der Waals surface area contributed by atoms with Crippen LogP contribution in [0.15, 0.2) is 39.5 Å². The number of imidazole rings is 1. The quantitative estimate of drug-likeness (QED) is 0.673. The molecule has 24 heavy (non-hydrogen) atoms. The number of amides is 1. The first-order chi connectivity index (χ1) is 11.6. The third-order valence-electron chi connectivity index (χ3n) is 4.56. The molecular formula is C18H19N3O3. The molecule has 1 fully saturated rings. The summed E-state index contributed by atoms with van der Waals surface area (Å²) in [4.78, 5) is 28.7. The van der Waals surface area contributed by atoms with Crippen molar-refractivity contribution in [1.82, 2.24) is 9.97 Å². The minimum Gasteiger partial charge on any atom is -0.466 e. The van der Waals surface area contributed by atoms with Crippen molar-refractivity contribution in [2.75, 3.05) is 5.32 Å². The van der Waals surface area contributed by atoms with Gasteiger partial charge in [-0.2, -0.15) is 0 Å². The van der Waals surface area contributed by atoms with E-state index in [1.807, 2.05) is 12.1 Å². The highest BCUT2D eigenvalue weighted by molar-refractivity contribution is 5.93. The Balaban J connectivity index is 1.35.